The molecule has 0 bridgehead atoms. The number of hydrogen-bond donors (Lipinski definition) is 1. The first kappa shape index (κ1) is 21.8. The Kier molecular flexibility index (Phi) is 7.39. The number of nitrogens with zero attached hydrogens (tertiary/aromatic N) is 1. The van der Waals surface area contributed by atoms with Crippen LogP contribution in [0.5, 0.6) is 17.2 Å². The Labute approximate surface area is 182 Å². The van der Waals surface area contributed by atoms with Crippen molar-refractivity contribution in [3.05, 3.63) is 89.5 Å². The van der Waals surface area contributed by atoms with E-state index in [4.69, 9.17) is 21.1 Å². The van der Waals surface area contributed by atoms with Crippen LogP contribution in [-0.4, -0.2) is 44.4 Å². The molecule has 5 heteroatoms. The second-order valence-electron chi connectivity index (χ2n) is 7.14. The van der Waals surface area contributed by atoms with E-state index in [0.29, 0.717) is 11.6 Å². The van der Waals surface area contributed by atoms with E-state index in [1.807, 2.05) is 74.8 Å². The third kappa shape index (κ3) is 5.56. The van der Waals surface area contributed by atoms with Gasteiger partial charge in [-0.15, -0.1) is 0 Å². The number of likely N-dealkylation sites (N-methyl/N-ethyl adjacent to an activating group) is 1. The van der Waals surface area contributed by atoms with Gasteiger partial charge < -0.3 is 19.5 Å². The summed E-state index contributed by atoms with van der Waals surface area (Å²) >= 11 is 6.87. The van der Waals surface area contributed by atoms with Crippen LogP contribution in [0.2, 0.25) is 0 Å². The molecule has 0 saturated carbocycles. The summed E-state index contributed by atoms with van der Waals surface area (Å²) < 4.78 is 11.1. The van der Waals surface area contributed by atoms with Crippen molar-refractivity contribution in [2.45, 2.75) is 0 Å². The van der Waals surface area contributed by atoms with Crippen LogP contribution in [0.4, 0.5) is 0 Å². The van der Waals surface area contributed by atoms with Crippen molar-refractivity contribution in [3.8, 4) is 17.2 Å². The minimum atomic E-state index is 0.211. The van der Waals surface area contributed by atoms with Crippen molar-refractivity contribution < 1.29 is 14.6 Å². The molecule has 0 aliphatic carbocycles. The first-order chi connectivity index (χ1) is 14.5. The molecule has 0 saturated heterocycles. The average molecular weight is 424 g/mol. The predicted molar refractivity (Wildman–Crippen MR) is 123 cm³/mol. The van der Waals surface area contributed by atoms with Crippen LogP contribution >= 0.6 is 11.6 Å². The highest BCUT2D eigenvalue weighted by atomic mass is 35.5. The van der Waals surface area contributed by atoms with E-state index in [-0.39, 0.29) is 5.75 Å². The molecule has 0 aliphatic rings. The number of methoxy groups -OCH3 is 1. The minimum absolute atomic E-state index is 0.211. The normalized spacial score (nSPS) is 11.9. The molecule has 0 unspecified atom stereocenters. The van der Waals surface area contributed by atoms with E-state index in [0.717, 1.165) is 40.3 Å². The van der Waals surface area contributed by atoms with Crippen molar-refractivity contribution in [1.82, 2.24) is 4.90 Å². The van der Waals surface area contributed by atoms with Crippen molar-refractivity contribution in [2.24, 2.45) is 0 Å². The van der Waals surface area contributed by atoms with Gasteiger partial charge in [0.25, 0.3) is 0 Å². The van der Waals surface area contributed by atoms with Crippen molar-refractivity contribution in [2.75, 3.05) is 34.4 Å². The maximum atomic E-state index is 9.70. The molecule has 0 aliphatic heterocycles. The SMILES string of the molecule is COc1ccc(/C(Cl)=C(\c2ccc(O)cc2)c2ccc(OCCN(C)C)cc2)cc1. The van der Waals surface area contributed by atoms with Gasteiger partial charge in [0.2, 0.25) is 0 Å². The lowest BCUT2D eigenvalue weighted by molar-refractivity contribution is 0.261. The van der Waals surface area contributed by atoms with E-state index in [1.54, 1.807) is 19.2 Å². The summed E-state index contributed by atoms with van der Waals surface area (Å²) in [5.74, 6) is 1.79. The van der Waals surface area contributed by atoms with Gasteiger partial charge in [0.1, 0.15) is 23.9 Å². The van der Waals surface area contributed by atoms with Gasteiger partial charge in [-0.1, -0.05) is 35.9 Å². The minimum Gasteiger partial charge on any atom is -0.508 e. The highest BCUT2D eigenvalue weighted by molar-refractivity contribution is 6.53. The topological polar surface area (TPSA) is 41.9 Å². The molecule has 1 N–H and O–H groups in total. The summed E-state index contributed by atoms with van der Waals surface area (Å²) in [6, 6.07) is 22.6. The lowest BCUT2D eigenvalue weighted by Gasteiger charge is -2.15. The van der Waals surface area contributed by atoms with Crippen LogP contribution in [0, 0.1) is 0 Å². The fraction of sp³-hybridized carbons (Fsp3) is 0.200. The van der Waals surface area contributed by atoms with Crippen molar-refractivity contribution in [1.29, 1.82) is 0 Å². The van der Waals surface area contributed by atoms with Gasteiger partial charge in [0.15, 0.2) is 0 Å². The third-order valence-electron chi connectivity index (χ3n) is 4.67. The molecule has 3 aromatic carbocycles. The predicted octanol–water partition coefficient (Wildman–Crippen LogP) is 5.50. The van der Waals surface area contributed by atoms with Crippen LogP contribution in [0.15, 0.2) is 72.8 Å². The number of aromatic hydroxyl groups is 1. The number of hydrogen-bond acceptors (Lipinski definition) is 4. The van der Waals surface area contributed by atoms with Crippen molar-refractivity contribution >= 4 is 22.2 Å². The third-order valence-corrected chi connectivity index (χ3v) is 5.08. The molecule has 0 aromatic heterocycles. The average Bonchev–Trinajstić information content (AvgIpc) is 2.76. The van der Waals surface area contributed by atoms with Crippen molar-refractivity contribution in [3.63, 3.8) is 0 Å². The quantitative estimate of drug-likeness (QED) is 0.486. The molecule has 30 heavy (non-hydrogen) atoms. The summed E-state index contributed by atoms with van der Waals surface area (Å²) in [4.78, 5) is 2.08. The van der Waals surface area contributed by atoms with Gasteiger partial charge in [-0.2, -0.15) is 0 Å². The Hall–Kier alpha value is -2.95. The number of phenols is 1. The maximum Gasteiger partial charge on any atom is 0.119 e. The van der Waals surface area contributed by atoms with E-state index in [2.05, 4.69) is 4.90 Å². The number of ether oxygens (including phenoxy) is 2. The van der Waals surface area contributed by atoms with Crippen LogP contribution in [0.1, 0.15) is 16.7 Å². The van der Waals surface area contributed by atoms with Crippen LogP contribution < -0.4 is 9.47 Å². The van der Waals surface area contributed by atoms with Gasteiger partial charge in [0.05, 0.1) is 12.1 Å². The summed E-state index contributed by atoms with van der Waals surface area (Å²) in [6.07, 6.45) is 0. The number of halogens is 1. The molecule has 3 aromatic rings. The largest absolute Gasteiger partial charge is 0.508 e. The van der Waals surface area contributed by atoms with E-state index in [1.165, 1.54) is 0 Å². The Morgan fingerprint density at radius 2 is 1.30 bits per heavy atom. The first-order valence-electron chi connectivity index (χ1n) is 9.69. The van der Waals surface area contributed by atoms with E-state index < -0.39 is 0 Å². The summed E-state index contributed by atoms with van der Waals surface area (Å²) in [5, 5.41) is 10.3. The summed E-state index contributed by atoms with van der Waals surface area (Å²) in [7, 11) is 5.67. The molecule has 0 spiro atoms. The lowest BCUT2D eigenvalue weighted by Crippen LogP contribution is -2.19. The fourth-order valence-corrected chi connectivity index (χ4v) is 3.34. The van der Waals surface area contributed by atoms with Gasteiger partial charge in [0, 0.05) is 12.1 Å². The van der Waals surface area contributed by atoms with Crippen LogP contribution in [-0.2, 0) is 0 Å². The number of phenolic OH excluding ortho intramolecular Hbond substituents is 1. The molecule has 156 valence electrons. The maximum absolute atomic E-state index is 9.70. The summed E-state index contributed by atoms with van der Waals surface area (Å²) in [6.45, 7) is 1.48. The highest BCUT2D eigenvalue weighted by Crippen LogP contribution is 2.36. The smallest absolute Gasteiger partial charge is 0.119 e. The van der Waals surface area contributed by atoms with Gasteiger partial charge in [-0.05, 0) is 79.3 Å². The molecule has 0 atom stereocenters. The zero-order valence-corrected chi connectivity index (χ0v) is 18.2. The van der Waals surface area contributed by atoms with Crippen LogP contribution in [0.3, 0.4) is 0 Å². The van der Waals surface area contributed by atoms with E-state index >= 15 is 0 Å². The zero-order chi connectivity index (χ0) is 21.5. The van der Waals surface area contributed by atoms with Gasteiger partial charge in [-0.3, -0.25) is 0 Å². The molecular weight excluding hydrogens is 398 g/mol. The molecule has 0 radical (unpaired) electrons. The Bertz CT molecular complexity index is 978. The monoisotopic (exact) mass is 423 g/mol. The summed E-state index contributed by atoms with van der Waals surface area (Å²) in [5.41, 5.74) is 3.63. The molecule has 0 amide bonds. The molecular formula is C25H26ClNO3. The Morgan fingerprint density at radius 3 is 1.83 bits per heavy atom. The first-order valence-corrected chi connectivity index (χ1v) is 10.1. The van der Waals surface area contributed by atoms with E-state index in [9.17, 15) is 5.11 Å². The standard InChI is InChI=1S/C25H26ClNO3/c1-27(2)16-17-30-23-14-6-19(7-15-23)24(18-4-10-21(28)11-5-18)25(26)20-8-12-22(29-3)13-9-20/h4-15,28H,16-17H2,1-3H3/b25-24-. The molecule has 4 nitrogen and oxygen atoms in total. The molecule has 3 rings (SSSR count). The zero-order valence-electron chi connectivity index (χ0n) is 17.4. The number of benzene rings is 3. The second-order valence-corrected chi connectivity index (χ2v) is 7.52. The Morgan fingerprint density at radius 1 is 0.800 bits per heavy atom. The fourth-order valence-electron chi connectivity index (χ4n) is 2.99. The van der Waals surface area contributed by atoms with Crippen LogP contribution in [0.25, 0.3) is 10.6 Å². The van der Waals surface area contributed by atoms with Gasteiger partial charge in [-0.25, -0.2) is 0 Å². The number of rotatable bonds is 8. The second kappa shape index (κ2) is 10.2. The molecule has 0 heterocycles. The van der Waals surface area contributed by atoms with Gasteiger partial charge >= 0.3 is 0 Å². The Balaban J connectivity index is 1.98. The molecule has 0 fully saturated rings. The highest BCUT2D eigenvalue weighted by Gasteiger charge is 2.13. The lowest BCUT2D eigenvalue weighted by atomic mass is 9.95.